The van der Waals surface area contributed by atoms with Crippen LogP contribution in [0.5, 0.6) is 0 Å². The van der Waals surface area contributed by atoms with Crippen molar-refractivity contribution in [3.05, 3.63) is 0 Å². The number of nitrogens with two attached hydrogens (primary N) is 1. The average molecular weight is 215 g/mol. The molecule has 3 unspecified atom stereocenters. The Kier molecular flexibility index (Phi) is 4.99. The van der Waals surface area contributed by atoms with Crippen LogP contribution in [0.2, 0.25) is 0 Å². The highest BCUT2D eigenvalue weighted by Gasteiger charge is 2.30. The quantitative estimate of drug-likeness (QED) is 0.716. The SMILES string of the molecule is COC(C)C(C)N1CCN(C)CC1CN. The van der Waals surface area contributed by atoms with E-state index in [0.717, 1.165) is 26.2 Å². The van der Waals surface area contributed by atoms with Gasteiger partial charge < -0.3 is 15.4 Å². The Morgan fingerprint density at radius 1 is 1.40 bits per heavy atom. The highest BCUT2D eigenvalue weighted by atomic mass is 16.5. The normalized spacial score (nSPS) is 29.0. The lowest BCUT2D eigenvalue weighted by Crippen LogP contribution is -2.59. The summed E-state index contributed by atoms with van der Waals surface area (Å²) in [4.78, 5) is 4.83. The lowest BCUT2D eigenvalue weighted by molar-refractivity contribution is -0.0117. The highest BCUT2D eigenvalue weighted by molar-refractivity contribution is 4.86. The third-order valence-electron chi connectivity index (χ3n) is 3.58. The maximum Gasteiger partial charge on any atom is 0.0695 e. The molecule has 0 aromatic heterocycles. The first-order valence-electron chi connectivity index (χ1n) is 5.77. The second kappa shape index (κ2) is 5.80. The molecule has 0 bridgehead atoms. The maximum absolute atomic E-state index is 5.83. The van der Waals surface area contributed by atoms with E-state index in [9.17, 15) is 0 Å². The molecule has 90 valence electrons. The number of hydrogen-bond donors (Lipinski definition) is 1. The summed E-state index contributed by atoms with van der Waals surface area (Å²) in [6.45, 7) is 8.35. The van der Waals surface area contributed by atoms with Gasteiger partial charge in [-0.1, -0.05) is 0 Å². The predicted molar refractivity (Wildman–Crippen MR) is 63.0 cm³/mol. The van der Waals surface area contributed by atoms with Crippen LogP contribution >= 0.6 is 0 Å². The van der Waals surface area contributed by atoms with Crippen LogP contribution in [0.3, 0.4) is 0 Å². The van der Waals surface area contributed by atoms with Crippen LogP contribution < -0.4 is 5.73 Å². The van der Waals surface area contributed by atoms with Gasteiger partial charge in [0.2, 0.25) is 0 Å². The monoisotopic (exact) mass is 215 g/mol. The Balaban J connectivity index is 2.58. The van der Waals surface area contributed by atoms with Crippen molar-refractivity contribution in [1.29, 1.82) is 0 Å². The Bertz CT molecular complexity index is 187. The molecule has 1 rings (SSSR count). The van der Waals surface area contributed by atoms with Crippen molar-refractivity contribution in [1.82, 2.24) is 9.80 Å². The van der Waals surface area contributed by atoms with Crippen molar-refractivity contribution in [3.63, 3.8) is 0 Å². The van der Waals surface area contributed by atoms with E-state index in [0.29, 0.717) is 12.1 Å². The maximum atomic E-state index is 5.83. The van der Waals surface area contributed by atoms with Crippen molar-refractivity contribution in [3.8, 4) is 0 Å². The zero-order valence-corrected chi connectivity index (χ0v) is 10.4. The molecule has 3 atom stereocenters. The van der Waals surface area contributed by atoms with E-state index in [1.165, 1.54) is 0 Å². The third kappa shape index (κ3) is 3.14. The number of ether oxygens (including phenoxy) is 1. The molecule has 0 aromatic rings. The molecule has 1 aliphatic rings. The van der Waals surface area contributed by atoms with E-state index in [4.69, 9.17) is 10.5 Å². The fraction of sp³-hybridized carbons (Fsp3) is 1.00. The van der Waals surface area contributed by atoms with E-state index in [1.807, 2.05) is 0 Å². The molecule has 0 radical (unpaired) electrons. The minimum atomic E-state index is 0.266. The van der Waals surface area contributed by atoms with Crippen LogP contribution in [0.1, 0.15) is 13.8 Å². The molecule has 15 heavy (non-hydrogen) atoms. The second-order valence-corrected chi connectivity index (χ2v) is 4.57. The zero-order chi connectivity index (χ0) is 11.4. The van der Waals surface area contributed by atoms with Gasteiger partial charge in [-0.2, -0.15) is 0 Å². The first kappa shape index (κ1) is 12.9. The summed E-state index contributed by atoms with van der Waals surface area (Å²) in [6.07, 6.45) is 0.266. The minimum absolute atomic E-state index is 0.266. The highest BCUT2D eigenvalue weighted by Crippen LogP contribution is 2.15. The summed E-state index contributed by atoms with van der Waals surface area (Å²) < 4.78 is 5.39. The van der Waals surface area contributed by atoms with Gasteiger partial charge in [-0.3, -0.25) is 4.90 Å². The lowest BCUT2D eigenvalue weighted by atomic mass is 10.1. The minimum Gasteiger partial charge on any atom is -0.380 e. The van der Waals surface area contributed by atoms with Crippen molar-refractivity contribution >= 4 is 0 Å². The van der Waals surface area contributed by atoms with E-state index >= 15 is 0 Å². The van der Waals surface area contributed by atoms with Gasteiger partial charge in [-0.25, -0.2) is 0 Å². The topological polar surface area (TPSA) is 41.7 Å². The van der Waals surface area contributed by atoms with Crippen molar-refractivity contribution in [2.24, 2.45) is 5.73 Å². The van der Waals surface area contributed by atoms with Gasteiger partial charge in [0.1, 0.15) is 0 Å². The Morgan fingerprint density at radius 2 is 2.07 bits per heavy atom. The summed E-state index contributed by atoms with van der Waals surface area (Å²) in [5.41, 5.74) is 5.83. The summed E-state index contributed by atoms with van der Waals surface area (Å²) >= 11 is 0. The van der Waals surface area contributed by atoms with Crippen molar-refractivity contribution in [2.75, 3.05) is 40.3 Å². The van der Waals surface area contributed by atoms with Crippen molar-refractivity contribution < 1.29 is 4.74 Å². The number of piperazine rings is 1. The second-order valence-electron chi connectivity index (χ2n) is 4.57. The molecular formula is C11H25N3O. The van der Waals surface area contributed by atoms with Gasteiger partial charge >= 0.3 is 0 Å². The lowest BCUT2D eigenvalue weighted by Gasteiger charge is -2.44. The molecule has 1 saturated heterocycles. The molecule has 4 nitrogen and oxygen atoms in total. The molecule has 0 saturated carbocycles. The Labute approximate surface area is 93.4 Å². The summed E-state index contributed by atoms with van der Waals surface area (Å²) in [5.74, 6) is 0. The number of methoxy groups -OCH3 is 1. The van der Waals surface area contributed by atoms with Crippen LogP contribution in [0.25, 0.3) is 0 Å². The summed E-state index contributed by atoms with van der Waals surface area (Å²) in [5, 5.41) is 0. The molecule has 1 aliphatic heterocycles. The van der Waals surface area contributed by atoms with E-state index in [-0.39, 0.29) is 6.10 Å². The number of likely N-dealkylation sites (N-methyl/N-ethyl adjacent to an activating group) is 1. The molecule has 0 aromatic carbocycles. The van der Waals surface area contributed by atoms with Gasteiger partial charge in [0, 0.05) is 45.4 Å². The van der Waals surface area contributed by atoms with Crippen LogP contribution in [-0.4, -0.2) is 68.3 Å². The van der Waals surface area contributed by atoms with Gasteiger partial charge in [0.15, 0.2) is 0 Å². The van der Waals surface area contributed by atoms with Gasteiger partial charge in [0.25, 0.3) is 0 Å². The summed E-state index contributed by atoms with van der Waals surface area (Å²) in [7, 11) is 3.93. The van der Waals surface area contributed by atoms with Crippen molar-refractivity contribution in [2.45, 2.75) is 32.0 Å². The third-order valence-corrected chi connectivity index (χ3v) is 3.58. The van der Waals surface area contributed by atoms with Gasteiger partial charge in [-0.05, 0) is 20.9 Å². The smallest absolute Gasteiger partial charge is 0.0695 e. The zero-order valence-electron chi connectivity index (χ0n) is 10.4. The predicted octanol–water partition coefficient (Wildman–Crippen LogP) is -0.0155. The molecular weight excluding hydrogens is 190 g/mol. The number of nitrogens with zero attached hydrogens (tertiary/aromatic N) is 2. The van der Waals surface area contributed by atoms with E-state index < -0.39 is 0 Å². The van der Waals surface area contributed by atoms with E-state index in [2.05, 4.69) is 30.7 Å². The van der Waals surface area contributed by atoms with Crippen LogP contribution in [0, 0.1) is 0 Å². The van der Waals surface area contributed by atoms with Gasteiger partial charge in [-0.15, -0.1) is 0 Å². The Morgan fingerprint density at radius 3 is 2.60 bits per heavy atom. The largest absolute Gasteiger partial charge is 0.380 e. The van der Waals surface area contributed by atoms with E-state index in [1.54, 1.807) is 7.11 Å². The van der Waals surface area contributed by atoms with Crippen LogP contribution in [0.15, 0.2) is 0 Å². The molecule has 0 aliphatic carbocycles. The Hall–Kier alpha value is -0.160. The fourth-order valence-electron chi connectivity index (χ4n) is 2.24. The number of rotatable bonds is 4. The van der Waals surface area contributed by atoms with Crippen LogP contribution in [-0.2, 0) is 4.74 Å². The average Bonchev–Trinajstić information content (AvgIpc) is 2.26. The van der Waals surface area contributed by atoms with Crippen LogP contribution in [0.4, 0.5) is 0 Å². The fourth-order valence-corrected chi connectivity index (χ4v) is 2.24. The molecule has 0 spiro atoms. The first-order valence-corrected chi connectivity index (χ1v) is 5.77. The molecule has 2 N–H and O–H groups in total. The standard InChI is InChI=1S/C11H25N3O/c1-9(10(2)15-4)14-6-5-13(3)8-11(14)7-12/h9-11H,5-8,12H2,1-4H3. The molecule has 1 heterocycles. The molecule has 1 fully saturated rings. The summed E-state index contributed by atoms with van der Waals surface area (Å²) in [6, 6.07) is 0.911. The first-order chi connectivity index (χ1) is 7.10. The number of hydrogen-bond acceptors (Lipinski definition) is 4. The van der Waals surface area contributed by atoms with Gasteiger partial charge in [0.05, 0.1) is 6.10 Å². The molecule has 4 heteroatoms. The molecule has 0 amide bonds.